The van der Waals surface area contributed by atoms with Gasteiger partial charge in [-0.1, -0.05) is 18.5 Å². The topological polar surface area (TPSA) is 42.0 Å². The van der Waals surface area contributed by atoms with Crippen LogP contribution in [0.1, 0.15) is 27.7 Å². The number of carbonyl (C=O) groups excluding carboxylic acids is 1. The third kappa shape index (κ3) is 3.09. The van der Waals surface area contributed by atoms with Crippen molar-refractivity contribution in [3.63, 3.8) is 0 Å². The maximum absolute atomic E-state index is 11.9. The normalized spacial score (nSPS) is 10.3. The van der Waals surface area contributed by atoms with Gasteiger partial charge >= 0.3 is 0 Å². The van der Waals surface area contributed by atoms with Crippen LogP contribution in [0.25, 0.3) is 0 Å². The van der Waals surface area contributed by atoms with E-state index in [0.717, 1.165) is 6.42 Å². The highest BCUT2D eigenvalue weighted by Crippen LogP contribution is 2.17. The molecule has 1 N–H and O–H groups in total. The molecule has 2 aromatic heterocycles. The molecule has 0 aromatic carbocycles. The van der Waals surface area contributed by atoms with Crippen LogP contribution in [0.5, 0.6) is 0 Å². The minimum Gasteiger partial charge on any atom is -0.347 e. The summed E-state index contributed by atoms with van der Waals surface area (Å²) >= 11 is 7.41. The first-order chi connectivity index (χ1) is 8.70. The molecule has 94 valence electrons. The Morgan fingerprint density at radius 2 is 2.33 bits per heavy atom. The van der Waals surface area contributed by atoms with Gasteiger partial charge in [-0.15, -0.1) is 11.3 Å². The monoisotopic (exact) mass is 280 g/mol. The third-order valence-electron chi connectivity index (χ3n) is 2.62. The molecule has 1 amide bonds. The molecule has 2 aromatic rings. The minimum absolute atomic E-state index is 0.130. The Morgan fingerprint density at radius 1 is 1.50 bits per heavy atom. The molecular weight excluding hydrogens is 268 g/mol. The zero-order valence-corrected chi connectivity index (χ0v) is 11.5. The third-order valence-corrected chi connectivity index (χ3v) is 3.79. The largest absolute Gasteiger partial charge is 0.347 e. The number of thiophene rings is 1. The molecule has 3 nitrogen and oxygen atoms in total. The van der Waals surface area contributed by atoms with Gasteiger partial charge in [0, 0.05) is 16.6 Å². The number of amides is 1. The summed E-state index contributed by atoms with van der Waals surface area (Å²) in [6.07, 6.45) is 2.51. The van der Waals surface area contributed by atoms with Crippen LogP contribution in [-0.2, 0) is 13.0 Å². The average molecular weight is 281 g/mol. The van der Waals surface area contributed by atoms with Crippen LogP contribution in [0.3, 0.4) is 0 Å². The molecule has 2 rings (SSSR count). The molecule has 2 heterocycles. The Kier molecular flexibility index (Phi) is 4.33. The molecule has 0 atom stereocenters. The first-order valence-corrected chi connectivity index (χ1v) is 6.91. The maximum atomic E-state index is 11.9. The summed E-state index contributed by atoms with van der Waals surface area (Å²) in [6, 6.07) is 5.30. The van der Waals surface area contributed by atoms with E-state index in [1.54, 1.807) is 23.5 Å². The summed E-state index contributed by atoms with van der Waals surface area (Å²) in [5, 5.41) is 5.26. The lowest BCUT2D eigenvalue weighted by molar-refractivity contribution is 0.0951. The zero-order valence-electron chi connectivity index (χ0n) is 9.94. The van der Waals surface area contributed by atoms with Crippen molar-refractivity contribution in [3.05, 3.63) is 50.9 Å². The molecule has 0 aliphatic heterocycles. The minimum atomic E-state index is -0.130. The van der Waals surface area contributed by atoms with E-state index in [-0.39, 0.29) is 5.91 Å². The number of nitrogens with one attached hydrogen (secondary N) is 1. The highest BCUT2D eigenvalue weighted by atomic mass is 35.5. The van der Waals surface area contributed by atoms with Crippen molar-refractivity contribution in [2.45, 2.75) is 19.9 Å². The summed E-state index contributed by atoms with van der Waals surface area (Å²) in [7, 11) is 0. The predicted molar refractivity (Wildman–Crippen MR) is 74.1 cm³/mol. The quantitative estimate of drug-likeness (QED) is 0.873. The van der Waals surface area contributed by atoms with Crippen LogP contribution in [0.15, 0.2) is 29.8 Å². The van der Waals surface area contributed by atoms with Crippen LogP contribution >= 0.6 is 22.9 Å². The van der Waals surface area contributed by atoms with Crippen LogP contribution in [0.4, 0.5) is 0 Å². The summed E-state index contributed by atoms with van der Waals surface area (Å²) in [5.41, 5.74) is 1.82. The molecule has 0 spiro atoms. The Bertz CT molecular complexity index is 553. The molecular formula is C13H13ClN2OS. The molecule has 0 aliphatic rings. The number of halogens is 1. The smallest absolute Gasteiger partial charge is 0.251 e. The van der Waals surface area contributed by atoms with Gasteiger partial charge < -0.3 is 5.32 Å². The van der Waals surface area contributed by atoms with E-state index in [1.165, 1.54) is 16.6 Å². The van der Waals surface area contributed by atoms with Crippen LogP contribution in [0, 0.1) is 0 Å². The van der Waals surface area contributed by atoms with Gasteiger partial charge in [-0.25, -0.2) is 4.98 Å². The highest BCUT2D eigenvalue weighted by Gasteiger charge is 2.08. The van der Waals surface area contributed by atoms with Gasteiger partial charge in [0.1, 0.15) is 5.15 Å². The standard InChI is InChI=1S/C13H13ClN2OS/c1-2-9-4-6-18-11(9)8-16-13(17)10-3-5-15-12(14)7-10/h3-7H,2,8H2,1H3,(H,16,17). The van der Waals surface area contributed by atoms with E-state index in [1.807, 2.05) is 5.38 Å². The SMILES string of the molecule is CCc1ccsc1CNC(=O)c1ccnc(Cl)c1. The Labute approximate surface area is 115 Å². The lowest BCUT2D eigenvalue weighted by atomic mass is 10.2. The molecule has 0 saturated carbocycles. The second-order valence-electron chi connectivity index (χ2n) is 3.77. The Morgan fingerprint density at radius 3 is 3.06 bits per heavy atom. The van der Waals surface area contributed by atoms with Crippen molar-refractivity contribution in [3.8, 4) is 0 Å². The number of pyridine rings is 1. The second kappa shape index (κ2) is 5.98. The van der Waals surface area contributed by atoms with Gasteiger partial charge in [0.15, 0.2) is 0 Å². The molecule has 18 heavy (non-hydrogen) atoms. The van der Waals surface area contributed by atoms with Crippen LogP contribution < -0.4 is 5.32 Å². The Hall–Kier alpha value is -1.39. The number of aryl methyl sites for hydroxylation is 1. The summed E-state index contributed by atoms with van der Waals surface area (Å²) in [5.74, 6) is -0.130. The van der Waals surface area contributed by atoms with Crippen molar-refractivity contribution in [2.24, 2.45) is 0 Å². The average Bonchev–Trinajstić information content (AvgIpc) is 2.83. The predicted octanol–water partition coefficient (Wildman–Crippen LogP) is 3.29. The van der Waals surface area contributed by atoms with Crippen molar-refractivity contribution in [1.82, 2.24) is 10.3 Å². The molecule has 0 fully saturated rings. The number of aromatic nitrogens is 1. The van der Waals surface area contributed by atoms with Crippen molar-refractivity contribution in [1.29, 1.82) is 0 Å². The summed E-state index contributed by atoms with van der Waals surface area (Å²) in [6.45, 7) is 2.66. The van der Waals surface area contributed by atoms with Gasteiger partial charge in [0.25, 0.3) is 5.91 Å². The van der Waals surface area contributed by atoms with Crippen LogP contribution in [0.2, 0.25) is 5.15 Å². The number of rotatable bonds is 4. The van der Waals surface area contributed by atoms with Crippen molar-refractivity contribution >= 4 is 28.8 Å². The summed E-state index contributed by atoms with van der Waals surface area (Å²) in [4.78, 5) is 16.9. The maximum Gasteiger partial charge on any atom is 0.251 e. The van der Waals surface area contributed by atoms with E-state index in [0.29, 0.717) is 17.3 Å². The second-order valence-corrected chi connectivity index (χ2v) is 5.16. The lowest BCUT2D eigenvalue weighted by Crippen LogP contribution is -2.22. The van der Waals surface area contributed by atoms with E-state index in [2.05, 4.69) is 23.3 Å². The van der Waals surface area contributed by atoms with Crippen molar-refractivity contribution < 1.29 is 4.79 Å². The van der Waals surface area contributed by atoms with Gasteiger partial charge in [0.05, 0.1) is 6.54 Å². The molecule has 0 saturated heterocycles. The van der Waals surface area contributed by atoms with Crippen LogP contribution in [-0.4, -0.2) is 10.9 Å². The fraction of sp³-hybridized carbons (Fsp3) is 0.231. The molecule has 0 aliphatic carbocycles. The van der Waals surface area contributed by atoms with E-state index in [9.17, 15) is 4.79 Å². The van der Waals surface area contributed by atoms with Crippen molar-refractivity contribution in [2.75, 3.05) is 0 Å². The first-order valence-electron chi connectivity index (χ1n) is 5.65. The number of hydrogen-bond donors (Lipinski definition) is 1. The van der Waals surface area contributed by atoms with E-state index >= 15 is 0 Å². The van der Waals surface area contributed by atoms with Gasteiger partial charge in [-0.05, 0) is 35.6 Å². The zero-order chi connectivity index (χ0) is 13.0. The Balaban J connectivity index is 2.00. The number of nitrogens with zero attached hydrogens (tertiary/aromatic N) is 1. The first kappa shape index (κ1) is 13.1. The molecule has 0 radical (unpaired) electrons. The van der Waals surface area contributed by atoms with E-state index in [4.69, 9.17) is 11.6 Å². The fourth-order valence-electron chi connectivity index (χ4n) is 1.64. The molecule has 0 unspecified atom stereocenters. The fourth-order valence-corrected chi connectivity index (χ4v) is 2.73. The van der Waals surface area contributed by atoms with Gasteiger partial charge in [-0.2, -0.15) is 0 Å². The molecule has 5 heteroatoms. The number of hydrogen-bond acceptors (Lipinski definition) is 3. The van der Waals surface area contributed by atoms with Gasteiger partial charge in [0.2, 0.25) is 0 Å². The lowest BCUT2D eigenvalue weighted by Gasteiger charge is -2.05. The molecule has 0 bridgehead atoms. The van der Waals surface area contributed by atoms with E-state index < -0.39 is 0 Å². The number of carbonyl (C=O) groups is 1. The highest BCUT2D eigenvalue weighted by molar-refractivity contribution is 7.10. The van der Waals surface area contributed by atoms with Gasteiger partial charge in [-0.3, -0.25) is 4.79 Å². The summed E-state index contributed by atoms with van der Waals surface area (Å²) < 4.78 is 0.